The summed E-state index contributed by atoms with van der Waals surface area (Å²) in [5, 5.41) is 2.98. The van der Waals surface area contributed by atoms with Gasteiger partial charge in [-0.2, -0.15) is 0 Å². The van der Waals surface area contributed by atoms with Crippen LogP contribution in [0.2, 0.25) is 0 Å². The SMILES string of the molecule is NC(=O)C1CC(c2ccc(F)cc2F)CCN1. The molecular weight excluding hydrogens is 226 g/mol. The first-order valence-corrected chi connectivity index (χ1v) is 5.55. The highest BCUT2D eigenvalue weighted by Gasteiger charge is 2.27. The second kappa shape index (κ2) is 4.79. The number of benzene rings is 1. The zero-order chi connectivity index (χ0) is 12.4. The molecule has 1 aromatic carbocycles. The van der Waals surface area contributed by atoms with Gasteiger partial charge in [-0.1, -0.05) is 6.07 Å². The molecule has 92 valence electrons. The molecule has 1 amide bonds. The minimum Gasteiger partial charge on any atom is -0.368 e. The molecule has 0 saturated carbocycles. The molecule has 1 aliphatic heterocycles. The second-order valence-electron chi connectivity index (χ2n) is 4.30. The predicted molar refractivity (Wildman–Crippen MR) is 59.3 cm³/mol. The fourth-order valence-electron chi connectivity index (χ4n) is 2.25. The molecule has 3 N–H and O–H groups in total. The molecule has 1 fully saturated rings. The van der Waals surface area contributed by atoms with Crippen molar-refractivity contribution < 1.29 is 13.6 Å². The van der Waals surface area contributed by atoms with Gasteiger partial charge in [-0.05, 0) is 36.9 Å². The quantitative estimate of drug-likeness (QED) is 0.818. The number of piperidine rings is 1. The fourth-order valence-corrected chi connectivity index (χ4v) is 2.25. The van der Waals surface area contributed by atoms with Gasteiger partial charge in [0.05, 0.1) is 6.04 Å². The summed E-state index contributed by atoms with van der Waals surface area (Å²) in [4.78, 5) is 11.1. The fraction of sp³-hybridized carbons (Fsp3) is 0.417. The Morgan fingerprint density at radius 3 is 2.82 bits per heavy atom. The second-order valence-corrected chi connectivity index (χ2v) is 4.30. The van der Waals surface area contributed by atoms with Crippen molar-refractivity contribution in [3.05, 3.63) is 35.4 Å². The molecule has 0 aromatic heterocycles. The van der Waals surface area contributed by atoms with Crippen molar-refractivity contribution in [3.63, 3.8) is 0 Å². The van der Waals surface area contributed by atoms with Crippen LogP contribution < -0.4 is 11.1 Å². The first-order valence-electron chi connectivity index (χ1n) is 5.55. The molecular formula is C12H14F2N2O. The van der Waals surface area contributed by atoms with Gasteiger partial charge in [0.1, 0.15) is 11.6 Å². The molecule has 3 nitrogen and oxygen atoms in total. The average Bonchev–Trinajstić information content (AvgIpc) is 2.29. The molecule has 1 heterocycles. The largest absolute Gasteiger partial charge is 0.368 e. The standard InChI is InChI=1S/C12H14F2N2O/c13-8-1-2-9(10(14)6-8)7-3-4-16-11(5-7)12(15)17/h1-2,6-7,11,16H,3-5H2,(H2,15,17). The summed E-state index contributed by atoms with van der Waals surface area (Å²) in [6.45, 7) is 0.606. The minimum atomic E-state index is -0.591. The van der Waals surface area contributed by atoms with E-state index in [0.29, 0.717) is 24.9 Å². The van der Waals surface area contributed by atoms with Gasteiger partial charge in [-0.15, -0.1) is 0 Å². The van der Waals surface area contributed by atoms with E-state index in [1.165, 1.54) is 12.1 Å². The smallest absolute Gasteiger partial charge is 0.234 e. The van der Waals surface area contributed by atoms with Gasteiger partial charge in [0, 0.05) is 6.07 Å². The summed E-state index contributed by atoms with van der Waals surface area (Å²) < 4.78 is 26.4. The van der Waals surface area contributed by atoms with Crippen molar-refractivity contribution in [1.29, 1.82) is 0 Å². The molecule has 1 aliphatic rings. The third-order valence-corrected chi connectivity index (χ3v) is 3.15. The maximum Gasteiger partial charge on any atom is 0.234 e. The average molecular weight is 240 g/mol. The van der Waals surface area contributed by atoms with E-state index in [1.54, 1.807) is 0 Å². The lowest BCUT2D eigenvalue weighted by Gasteiger charge is -2.28. The summed E-state index contributed by atoms with van der Waals surface area (Å²) in [5.41, 5.74) is 5.67. The maximum absolute atomic E-state index is 13.6. The number of rotatable bonds is 2. The Labute approximate surface area is 98.0 Å². The molecule has 17 heavy (non-hydrogen) atoms. The highest BCUT2D eigenvalue weighted by molar-refractivity contribution is 5.80. The number of nitrogens with one attached hydrogen (secondary N) is 1. The van der Waals surface area contributed by atoms with E-state index in [0.717, 1.165) is 6.07 Å². The number of carbonyl (C=O) groups is 1. The Morgan fingerprint density at radius 2 is 2.18 bits per heavy atom. The van der Waals surface area contributed by atoms with E-state index in [1.807, 2.05) is 0 Å². The lowest BCUT2D eigenvalue weighted by Crippen LogP contribution is -2.46. The summed E-state index contributed by atoms with van der Waals surface area (Å²) in [6.07, 6.45) is 1.17. The summed E-state index contributed by atoms with van der Waals surface area (Å²) in [5.74, 6) is -1.67. The molecule has 5 heteroatoms. The Balaban J connectivity index is 2.19. The third-order valence-electron chi connectivity index (χ3n) is 3.15. The van der Waals surface area contributed by atoms with Gasteiger partial charge in [0.25, 0.3) is 0 Å². The van der Waals surface area contributed by atoms with Gasteiger partial charge in [0.15, 0.2) is 0 Å². The topological polar surface area (TPSA) is 55.1 Å². The number of hydrogen-bond donors (Lipinski definition) is 2. The molecule has 2 unspecified atom stereocenters. The van der Waals surface area contributed by atoms with Gasteiger partial charge < -0.3 is 11.1 Å². The van der Waals surface area contributed by atoms with E-state index in [4.69, 9.17) is 5.73 Å². The molecule has 0 bridgehead atoms. The summed E-state index contributed by atoms with van der Waals surface area (Å²) in [6, 6.07) is 3.12. The number of halogens is 2. The number of primary amides is 1. The van der Waals surface area contributed by atoms with Crippen LogP contribution in [0.4, 0.5) is 8.78 Å². The Morgan fingerprint density at radius 1 is 1.41 bits per heavy atom. The van der Waals surface area contributed by atoms with Crippen molar-refractivity contribution in [2.45, 2.75) is 24.8 Å². The molecule has 1 aromatic rings. The molecule has 0 aliphatic carbocycles. The van der Waals surface area contributed by atoms with Gasteiger partial charge in [-0.3, -0.25) is 4.79 Å². The maximum atomic E-state index is 13.6. The van der Waals surface area contributed by atoms with Crippen molar-refractivity contribution in [3.8, 4) is 0 Å². The molecule has 2 rings (SSSR count). The molecule has 0 spiro atoms. The number of amides is 1. The van der Waals surface area contributed by atoms with E-state index < -0.39 is 23.6 Å². The van der Waals surface area contributed by atoms with Gasteiger partial charge in [0.2, 0.25) is 5.91 Å². The Bertz CT molecular complexity index is 437. The van der Waals surface area contributed by atoms with E-state index >= 15 is 0 Å². The van der Waals surface area contributed by atoms with Gasteiger partial charge >= 0.3 is 0 Å². The normalized spacial score (nSPS) is 24.6. The van der Waals surface area contributed by atoms with Crippen LogP contribution in [-0.2, 0) is 4.79 Å². The molecule has 1 saturated heterocycles. The van der Waals surface area contributed by atoms with Crippen LogP contribution in [0.1, 0.15) is 24.3 Å². The van der Waals surface area contributed by atoms with Gasteiger partial charge in [-0.25, -0.2) is 8.78 Å². The van der Waals surface area contributed by atoms with Crippen LogP contribution >= 0.6 is 0 Å². The van der Waals surface area contributed by atoms with Crippen molar-refractivity contribution >= 4 is 5.91 Å². The van der Waals surface area contributed by atoms with Crippen LogP contribution in [0.5, 0.6) is 0 Å². The highest BCUT2D eigenvalue weighted by Crippen LogP contribution is 2.29. The summed E-state index contributed by atoms with van der Waals surface area (Å²) in [7, 11) is 0. The zero-order valence-corrected chi connectivity index (χ0v) is 9.25. The van der Waals surface area contributed by atoms with Crippen molar-refractivity contribution in [2.75, 3.05) is 6.54 Å². The van der Waals surface area contributed by atoms with Crippen LogP contribution in [0.3, 0.4) is 0 Å². The number of nitrogens with two attached hydrogens (primary N) is 1. The van der Waals surface area contributed by atoms with Crippen LogP contribution in [-0.4, -0.2) is 18.5 Å². The zero-order valence-electron chi connectivity index (χ0n) is 9.25. The van der Waals surface area contributed by atoms with Crippen LogP contribution in [0, 0.1) is 11.6 Å². The molecule has 2 atom stereocenters. The molecule has 0 radical (unpaired) electrons. The van der Waals surface area contributed by atoms with E-state index in [9.17, 15) is 13.6 Å². The van der Waals surface area contributed by atoms with Crippen LogP contribution in [0.25, 0.3) is 0 Å². The minimum absolute atomic E-state index is 0.0886. The third kappa shape index (κ3) is 2.61. The first-order chi connectivity index (χ1) is 8.08. The highest BCUT2D eigenvalue weighted by atomic mass is 19.1. The Kier molecular flexibility index (Phi) is 3.38. The predicted octanol–water partition coefficient (Wildman–Crippen LogP) is 1.29. The van der Waals surface area contributed by atoms with Crippen LogP contribution in [0.15, 0.2) is 18.2 Å². The van der Waals surface area contributed by atoms with E-state index in [-0.39, 0.29) is 5.92 Å². The lowest BCUT2D eigenvalue weighted by atomic mass is 9.86. The summed E-state index contributed by atoms with van der Waals surface area (Å²) >= 11 is 0. The monoisotopic (exact) mass is 240 g/mol. The first kappa shape index (κ1) is 12.0. The Hall–Kier alpha value is -1.49. The number of hydrogen-bond acceptors (Lipinski definition) is 2. The lowest BCUT2D eigenvalue weighted by molar-refractivity contribution is -0.120. The van der Waals surface area contributed by atoms with Crippen molar-refractivity contribution in [1.82, 2.24) is 5.32 Å². The van der Waals surface area contributed by atoms with E-state index in [2.05, 4.69) is 5.32 Å². The van der Waals surface area contributed by atoms with Crippen molar-refractivity contribution in [2.24, 2.45) is 5.73 Å². The number of carbonyl (C=O) groups excluding carboxylic acids is 1.